The highest BCUT2D eigenvalue weighted by molar-refractivity contribution is 7.20. The van der Waals surface area contributed by atoms with Crippen LogP contribution in [0.15, 0.2) is 30.3 Å². The molecule has 0 bridgehead atoms. The summed E-state index contributed by atoms with van der Waals surface area (Å²) in [6, 6.07) is 8.69. The fourth-order valence-electron chi connectivity index (χ4n) is 2.52. The van der Waals surface area contributed by atoms with Gasteiger partial charge in [0.15, 0.2) is 28.0 Å². The van der Waals surface area contributed by atoms with Crippen LogP contribution in [0.1, 0.15) is 15.4 Å². The Morgan fingerprint density at radius 1 is 1.08 bits per heavy atom. The first kappa shape index (κ1) is 14.8. The maximum absolute atomic E-state index is 12.7. The fourth-order valence-corrected chi connectivity index (χ4v) is 3.45. The molecule has 2 aromatic carbocycles. The summed E-state index contributed by atoms with van der Waals surface area (Å²) in [5.74, 6) is 2.24. The molecule has 24 heavy (non-hydrogen) atoms. The molecule has 0 radical (unpaired) electrons. The van der Waals surface area contributed by atoms with Gasteiger partial charge in [-0.3, -0.25) is 4.79 Å². The molecule has 2 heterocycles. The van der Waals surface area contributed by atoms with E-state index in [1.807, 2.05) is 6.07 Å². The lowest BCUT2D eigenvalue weighted by molar-refractivity contribution is 0.103. The summed E-state index contributed by atoms with van der Waals surface area (Å²) >= 11 is 1.32. The van der Waals surface area contributed by atoms with Crippen molar-refractivity contribution in [1.29, 1.82) is 0 Å². The monoisotopic (exact) mass is 343 g/mol. The number of carbonyl (C=O) groups is 1. The Morgan fingerprint density at radius 3 is 2.58 bits per heavy atom. The van der Waals surface area contributed by atoms with Crippen LogP contribution < -0.4 is 18.9 Å². The normalized spacial score (nSPS) is 12.4. The van der Waals surface area contributed by atoms with Gasteiger partial charge in [0.05, 0.1) is 24.4 Å². The molecule has 0 atom stereocenters. The van der Waals surface area contributed by atoms with E-state index in [4.69, 9.17) is 18.9 Å². The minimum Gasteiger partial charge on any atom is -0.493 e. The molecule has 6 nitrogen and oxygen atoms in total. The molecule has 1 aromatic heterocycles. The van der Waals surface area contributed by atoms with Crippen LogP contribution in [-0.2, 0) is 0 Å². The number of hydrogen-bond acceptors (Lipinski definition) is 7. The Labute approximate surface area is 141 Å². The number of rotatable bonds is 4. The minimum absolute atomic E-state index is 0.167. The molecule has 3 aromatic rings. The molecule has 0 unspecified atom stereocenters. The first-order valence-corrected chi connectivity index (χ1v) is 7.98. The lowest BCUT2D eigenvalue weighted by Crippen LogP contribution is -2.01. The van der Waals surface area contributed by atoms with Crippen LogP contribution in [0, 0.1) is 0 Å². The molecule has 0 saturated carbocycles. The molecule has 0 fully saturated rings. The van der Waals surface area contributed by atoms with E-state index in [2.05, 4.69) is 4.98 Å². The number of methoxy groups -OCH3 is 2. The van der Waals surface area contributed by atoms with Crippen LogP contribution >= 0.6 is 11.3 Å². The van der Waals surface area contributed by atoms with E-state index in [-0.39, 0.29) is 12.6 Å². The lowest BCUT2D eigenvalue weighted by Gasteiger charge is -2.08. The Kier molecular flexibility index (Phi) is 3.50. The van der Waals surface area contributed by atoms with Crippen molar-refractivity contribution in [3.05, 3.63) is 40.9 Å². The van der Waals surface area contributed by atoms with Gasteiger partial charge in [0, 0.05) is 17.7 Å². The van der Waals surface area contributed by atoms with Gasteiger partial charge in [-0.2, -0.15) is 0 Å². The lowest BCUT2D eigenvalue weighted by atomic mass is 10.1. The molecule has 0 saturated heterocycles. The van der Waals surface area contributed by atoms with Gasteiger partial charge in [0.2, 0.25) is 12.6 Å². The Bertz CT molecular complexity index is 909. The maximum Gasteiger partial charge on any atom is 0.231 e. The highest BCUT2D eigenvalue weighted by Gasteiger charge is 2.20. The van der Waals surface area contributed by atoms with Crippen molar-refractivity contribution in [2.75, 3.05) is 21.0 Å². The molecule has 0 spiro atoms. The van der Waals surface area contributed by atoms with Crippen molar-refractivity contribution in [2.24, 2.45) is 0 Å². The maximum atomic E-state index is 12.7. The predicted molar refractivity (Wildman–Crippen MR) is 88.7 cm³/mol. The van der Waals surface area contributed by atoms with Gasteiger partial charge in [-0.1, -0.05) is 0 Å². The van der Waals surface area contributed by atoms with E-state index in [1.54, 1.807) is 31.4 Å². The summed E-state index contributed by atoms with van der Waals surface area (Å²) in [4.78, 5) is 17.2. The predicted octanol–water partition coefficient (Wildman–Crippen LogP) is 3.27. The molecule has 0 aliphatic carbocycles. The summed E-state index contributed by atoms with van der Waals surface area (Å²) in [6.07, 6.45) is 0. The van der Waals surface area contributed by atoms with Gasteiger partial charge in [0.1, 0.15) is 0 Å². The third-order valence-electron chi connectivity index (χ3n) is 3.72. The molecule has 4 rings (SSSR count). The first-order valence-electron chi connectivity index (χ1n) is 7.16. The van der Waals surface area contributed by atoms with E-state index < -0.39 is 0 Å². The van der Waals surface area contributed by atoms with Crippen molar-refractivity contribution in [3.63, 3.8) is 0 Å². The van der Waals surface area contributed by atoms with Gasteiger partial charge in [-0.15, -0.1) is 11.3 Å². The zero-order valence-corrected chi connectivity index (χ0v) is 13.8. The zero-order chi connectivity index (χ0) is 16.7. The SMILES string of the molecule is COc1ccc(C(=O)c2nc3cc4c(cc3s2)OCO4)cc1OC. The van der Waals surface area contributed by atoms with Gasteiger partial charge in [0.25, 0.3) is 0 Å². The highest BCUT2D eigenvalue weighted by atomic mass is 32.1. The van der Waals surface area contributed by atoms with Gasteiger partial charge in [-0.05, 0) is 18.2 Å². The molecule has 0 N–H and O–H groups in total. The smallest absolute Gasteiger partial charge is 0.231 e. The third-order valence-corrected chi connectivity index (χ3v) is 4.74. The Morgan fingerprint density at radius 2 is 1.83 bits per heavy atom. The number of ketones is 1. The summed E-state index contributed by atoms with van der Waals surface area (Å²) < 4.78 is 22.0. The topological polar surface area (TPSA) is 66.9 Å². The van der Waals surface area contributed by atoms with Crippen LogP contribution in [0.4, 0.5) is 0 Å². The number of carbonyl (C=O) groups excluding carboxylic acids is 1. The second kappa shape index (κ2) is 5.68. The number of thiazole rings is 1. The second-order valence-electron chi connectivity index (χ2n) is 5.09. The average molecular weight is 343 g/mol. The van der Waals surface area contributed by atoms with E-state index in [9.17, 15) is 4.79 Å². The summed E-state index contributed by atoms with van der Waals surface area (Å²) in [5, 5.41) is 0.404. The van der Waals surface area contributed by atoms with Crippen LogP contribution in [0.25, 0.3) is 10.2 Å². The molecule has 0 amide bonds. The standard InChI is InChI=1S/C17H13NO5S/c1-20-11-4-3-9(5-12(11)21-2)16(19)17-18-10-6-13-14(23-8-22-13)7-15(10)24-17/h3-7H,8H2,1-2H3. The summed E-state index contributed by atoms with van der Waals surface area (Å²) in [7, 11) is 3.08. The zero-order valence-electron chi connectivity index (χ0n) is 13.0. The van der Waals surface area contributed by atoms with Crippen molar-refractivity contribution in [1.82, 2.24) is 4.98 Å². The van der Waals surface area contributed by atoms with Crippen molar-refractivity contribution in [2.45, 2.75) is 0 Å². The van der Waals surface area contributed by atoms with Gasteiger partial charge in [-0.25, -0.2) is 4.98 Å². The first-order chi connectivity index (χ1) is 11.7. The Balaban J connectivity index is 1.73. The second-order valence-corrected chi connectivity index (χ2v) is 6.12. The van der Waals surface area contributed by atoms with Crippen molar-refractivity contribution >= 4 is 27.3 Å². The highest BCUT2D eigenvalue weighted by Crippen LogP contribution is 2.38. The molecular weight excluding hydrogens is 330 g/mol. The number of aromatic nitrogens is 1. The number of ether oxygens (including phenoxy) is 4. The fraction of sp³-hybridized carbons (Fsp3) is 0.176. The van der Waals surface area contributed by atoms with Crippen LogP contribution in [0.3, 0.4) is 0 Å². The van der Waals surface area contributed by atoms with E-state index in [0.29, 0.717) is 39.1 Å². The van der Waals surface area contributed by atoms with Crippen LogP contribution in [0.5, 0.6) is 23.0 Å². The largest absolute Gasteiger partial charge is 0.493 e. The van der Waals surface area contributed by atoms with Crippen molar-refractivity contribution < 1.29 is 23.7 Å². The molecule has 1 aliphatic rings. The molecule has 7 heteroatoms. The molecule has 1 aliphatic heterocycles. The summed E-state index contributed by atoms with van der Waals surface area (Å²) in [6.45, 7) is 0.212. The molecule has 122 valence electrons. The van der Waals surface area contributed by atoms with E-state index in [1.165, 1.54) is 18.4 Å². The van der Waals surface area contributed by atoms with Crippen molar-refractivity contribution in [3.8, 4) is 23.0 Å². The number of hydrogen-bond donors (Lipinski definition) is 0. The van der Waals surface area contributed by atoms with E-state index in [0.717, 1.165) is 4.70 Å². The minimum atomic E-state index is -0.167. The third kappa shape index (κ3) is 2.33. The quantitative estimate of drug-likeness (QED) is 0.677. The Hall–Kier alpha value is -2.80. The van der Waals surface area contributed by atoms with Crippen LogP contribution in [-0.4, -0.2) is 31.8 Å². The average Bonchev–Trinajstić information content (AvgIpc) is 3.23. The van der Waals surface area contributed by atoms with E-state index >= 15 is 0 Å². The van der Waals surface area contributed by atoms with Gasteiger partial charge < -0.3 is 18.9 Å². The number of nitrogens with zero attached hydrogens (tertiary/aromatic N) is 1. The summed E-state index contributed by atoms with van der Waals surface area (Å²) in [5.41, 5.74) is 1.21. The van der Waals surface area contributed by atoms with Gasteiger partial charge >= 0.3 is 0 Å². The molecular formula is C17H13NO5S. The van der Waals surface area contributed by atoms with Crippen LogP contribution in [0.2, 0.25) is 0 Å². The number of fused-ring (bicyclic) bond motifs is 2. The number of benzene rings is 2.